The first-order valence-electron chi connectivity index (χ1n) is 12.4. The summed E-state index contributed by atoms with van der Waals surface area (Å²) in [6.07, 6.45) is 7.24. The van der Waals surface area contributed by atoms with Gasteiger partial charge in [0.25, 0.3) is 5.91 Å². The minimum absolute atomic E-state index is 0.0325. The van der Waals surface area contributed by atoms with Gasteiger partial charge >= 0.3 is 0 Å². The number of rotatable bonds is 6. The molecule has 0 bridgehead atoms. The van der Waals surface area contributed by atoms with Crippen molar-refractivity contribution in [3.8, 4) is 11.3 Å². The molecular formula is C28H27N7O2. The maximum absolute atomic E-state index is 13.3. The molecule has 0 radical (unpaired) electrons. The third-order valence-electron chi connectivity index (χ3n) is 6.83. The molecule has 0 unspecified atom stereocenters. The fourth-order valence-corrected chi connectivity index (χ4v) is 4.57. The van der Waals surface area contributed by atoms with Gasteiger partial charge < -0.3 is 9.88 Å². The summed E-state index contributed by atoms with van der Waals surface area (Å²) in [5.74, 6) is 0.202. The molecule has 2 amide bonds. The smallest absolute Gasteiger partial charge is 0.253 e. The Morgan fingerprint density at radius 3 is 2.76 bits per heavy atom. The van der Waals surface area contributed by atoms with Crippen molar-refractivity contribution >= 4 is 34.3 Å². The monoisotopic (exact) mass is 493 g/mol. The molecule has 1 atom stereocenters. The van der Waals surface area contributed by atoms with E-state index in [9.17, 15) is 9.59 Å². The number of nitrogens with one attached hydrogen (secondary N) is 2. The van der Waals surface area contributed by atoms with Gasteiger partial charge in [0.2, 0.25) is 11.9 Å². The van der Waals surface area contributed by atoms with E-state index >= 15 is 0 Å². The number of benzene rings is 1. The second-order valence-electron chi connectivity index (χ2n) is 9.77. The predicted molar refractivity (Wildman–Crippen MR) is 141 cm³/mol. The van der Waals surface area contributed by atoms with Gasteiger partial charge in [0, 0.05) is 36.3 Å². The average molecular weight is 494 g/mol. The van der Waals surface area contributed by atoms with E-state index in [2.05, 4.69) is 31.8 Å². The standard InChI is InChI=1S/C28H27N7O2/c1-16-5-4-6-19(11-16)17(2)30-27(37)22-15-34(3)24-14-29-23(13-21(22)24)20-9-10-35-25(12-20)31-28(33-35)32-26(36)18-7-8-18/h4-6,9-15,17-18H,7-8H2,1-3H3,(H,30,37)(H,32,33,36)/t17-/m0/s1. The van der Waals surface area contributed by atoms with E-state index in [0.29, 0.717) is 22.9 Å². The lowest BCUT2D eigenvalue weighted by Crippen LogP contribution is -2.26. The molecule has 0 saturated heterocycles. The third kappa shape index (κ3) is 4.44. The number of aromatic nitrogens is 5. The molecule has 6 rings (SSSR count). The van der Waals surface area contributed by atoms with Crippen molar-refractivity contribution in [3.63, 3.8) is 0 Å². The fourth-order valence-electron chi connectivity index (χ4n) is 4.57. The van der Waals surface area contributed by atoms with Crippen LogP contribution in [0.2, 0.25) is 0 Å². The summed E-state index contributed by atoms with van der Waals surface area (Å²) < 4.78 is 3.54. The molecule has 4 aromatic heterocycles. The van der Waals surface area contributed by atoms with Crippen LogP contribution < -0.4 is 10.6 Å². The van der Waals surface area contributed by atoms with Crippen molar-refractivity contribution in [2.24, 2.45) is 13.0 Å². The molecule has 1 aliphatic carbocycles. The molecule has 0 spiro atoms. The lowest BCUT2D eigenvalue weighted by Gasteiger charge is -2.14. The highest BCUT2D eigenvalue weighted by Gasteiger charge is 2.30. The summed E-state index contributed by atoms with van der Waals surface area (Å²) in [5, 5.41) is 11.1. The topological polar surface area (TPSA) is 106 Å². The second-order valence-corrected chi connectivity index (χ2v) is 9.77. The zero-order valence-corrected chi connectivity index (χ0v) is 20.9. The van der Waals surface area contributed by atoms with E-state index in [0.717, 1.165) is 40.4 Å². The van der Waals surface area contributed by atoms with E-state index in [1.807, 2.05) is 68.1 Å². The number of aryl methyl sites for hydroxylation is 2. The van der Waals surface area contributed by atoms with Crippen LogP contribution in [-0.4, -0.2) is 36.0 Å². The van der Waals surface area contributed by atoms with Crippen LogP contribution in [0.3, 0.4) is 0 Å². The summed E-state index contributed by atoms with van der Waals surface area (Å²) >= 11 is 0. The van der Waals surface area contributed by atoms with Crippen molar-refractivity contribution in [1.29, 1.82) is 0 Å². The summed E-state index contributed by atoms with van der Waals surface area (Å²) in [5.41, 5.74) is 5.83. The van der Waals surface area contributed by atoms with Gasteiger partial charge in [-0.1, -0.05) is 29.8 Å². The first-order chi connectivity index (χ1) is 17.9. The van der Waals surface area contributed by atoms with Gasteiger partial charge in [0.05, 0.1) is 29.0 Å². The summed E-state index contributed by atoms with van der Waals surface area (Å²) in [6.45, 7) is 4.03. The zero-order chi connectivity index (χ0) is 25.7. The number of amides is 2. The molecule has 9 nitrogen and oxygen atoms in total. The highest BCUT2D eigenvalue weighted by atomic mass is 16.2. The van der Waals surface area contributed by atoms with Crippen LogP contribution in [0.5, 0.6) is 0 Å². The Morgan fingerprint density at radius 1 is 1.14 bits per heavy atom. The van der Waals surface area contributed by atoms with Crippen LogP contribution in [0, 0.1) is 12.8 Å². The van der Waals surface area contributed by atoms with Gasteiger partial charge in [-0.25, -0.2) is 4.52 Å². The number of pyridine rings is 2. The SMILES string of the molecule is Cc1cccc([C@H](C)NC(=O)c2cn(C)c3cnc(-c4ccn5nc(NC(=O)C6CC6)nc5c4)cc23)c1. The first-order valence-corrected chi connectivity index (χ1v) is 12.4. The molecule has 1 fully saturated rings. The largest absolute Gasteiger partial charge is 0.348 e. The van der Waals surface area contributed by atoms with E-state index in [4.69, 9.17) is 0 Å². The normalized spacial score (nSPS) is 14.1. The Balaban J connectivity index is 1.29. The molecule has 2 N–H and O–H groups in total. The van der Waals surface area contributed by atoms with Crippen molar-refractivity contribution in [2.75, 3.05) is 5.32 Å². The summed E-state index contributed by atoms with van der Waals surface area (Å²) in [6, 6.07) is 13.7. The Morgan fingerprint density at radius 2 is 1.97 bits per heavy atom. The van der Waals surface area contributed by atoms with Gasteiger partial charge in [-0.3, -0.25) is 19.9 Å². The van der Waals surface area contributed by atoms with Crippen LogP contribution in [-0.2, 0) is 11.8 Å². The highest BCUT2D eigenvalue weighted by Crippen LogP contribution is 2.30. The minimum Gasteiger partial charge on any atom is -0.348 e. The number of hydrogen-bond acceptors (Lipinski definition) is 5. The Bertz CT molecular complexity index is 1680. The molecular weight excluding hydrogens is 466 g/mol. The van der Waals surface area contributed by atoms with E-state index in [1.165, 1.54) is 0 Å². The molecule has 4 heterocycles. The predicted octanol–water partition coefficient (Wildman–Crippen LogP) is 4.43. The van der Waals surface area contributed by atoms with Gasteiger partial charge in [0.15, 0.2) is 5.65 Å². The van der Waals surface area contributed by atoms with E-state index < -0.39 is 0 Å². The maximum atomic E-state index is 13.3. The second kappa shape index (κ2) is 8.85. The molecule has 5 aromatic rings. The van der Waals surface area contributed by atoms with Crippen molar-refractivity contribution < 1.29 is 9.59 Å². The maximum Gasteiger partial charge on any atom is 0.253 e. The van der Waals surface area contributed by atoms with Gasteiger partial charge in [0.1, 0.15) is 0 Å². The number of carbonyl (C=O) groups is 2. The molecule has 0 aliphatic heterocycles. The number of nitrogens with zero attached hydrogens (tertiary/aromatic N) is 5. The molecule has 186 valence electrons. The average Bonchev–Trinajstić information content (AvgIpc) is 3.59. The van der Waals surface area contributed by atoms with Crippen molar-refractivity contribution in [2.45, 2.75) is 32.7 Å². The van der Waals surface area contributed by atoms with Crippen LogP contribution >= 0.6 is 0 Å². The van der Waals surface area contributed by atoms with E-state index in [1.54, 1.807) is 16.9 Å². The van der Waals surface area contributed by atoms with Crippen LogP contribution in [0.25, 0.3) is 27.8 Å². The summed E-state index contributed by atoms with van der Waals surface area (Å²) in [4.78, 5) is 34.5. The van der Waals surface area contributed by atoms with Gasteiger partial charge in [-0.05, 0) is 50.5 Å². The van der Waals surface area contributed by atoms with Crippen molar-refractivity contribution in [3.05, 3.63) is 77.7 Å². The molecule has 9 heteroatoms. The lowest BCUT2D eigenvalue weighted by molar-refractivity contribution is -0.117. The molecule has 1 saturated carbocycles. The third-order valence-corrected chi connectivity index (χ3v) is 6.83. The Hall–Kier alpha value is -4.53. The number of fused-ring (bicyclic) bond motifs is 2. The number of carbonyl (C=O) groups excluding carboxylic acids is 2. The van der Waals surface area contributed by atoms with Crippen LogP contribution in [0.1, 0.15) is 47.3 Å². The summed E-state index contributed by atoms with van der Waals surface area (Å²) in [7, 11) is 1.91. The van der Waals surface area contributed by atoms with Crippen LogP contribution in [0.15, 0.2) is 61.1 Å². The highest BCUT2D eigenvalue weighted by molar-refractivity contribution is 6.07. The number of hydrogen-bond donors (Lipinski definition) is 2. The molecule has 1 aromatic carbocycles. The fraction of sp³-hybridized carbons (Fsp3) is 0.250. The quantitative estimate of drug-likeness (QED) is 0.364. The Labute approximate surface area is 213 Å². The lowest BCUT2D eigenvalue weighted by atomic mass is 10.0. The molecule has 1 aliphatic rings. The van der Waals surface area contributed by atoms with Gasteiger partial charge in [-0.2, -0.15) is 4.98 Å². The number of anilines is 1. The zero-order valence-electron chi connectivity index (χ0n) is 20.9. The Kier molecular flexibility index (Phi) is 5.48. The van der Waals surface area contributed by atoms with Crippen LogP contribution in [0.4, 0.5) is 5.95 Å². The van der Waals surface area contributed by atoms with Gasteiger partial charge in [-0.15, -0.1) is 5.10 Å². The van der Waals surface area contributed by atoms with Crippen molar-refractivity contribution in [1.82, 2.24) is 29.5 Å². The minimum atomic E-state index is -0.138. The molecule has 37 heavy (non-hydrogen) atoms. The van der Waals surface area contributed by atoms with E-state index in [-0.39, 0.29) is 23.8 Å². The first kappa shape index (κ1) is 22.9.